The van der Waals surface area contributed by atoms with Crippen LogP contribution >= 0.6 is 0 Å². The molecule has 1 aromatic rings. The molecule has 0 aliphatic carbocycles. The number of ether oxygens (including phenoxy) is 2. The van der Waals surface area contributed by atoms with Gasteiger partial charge in [-0.05, 0) is 32.1 Å². The summed E-state index contributed by atoms with van der Waals surface area (Å²) in [5.41, 5.74) is 0.739. The minimum Gasteiger partial charge on any atom is -0.466 e. The van der Waals surface area contributed by atoms with Crippen molar-refractivity contribution >= 4 is 17.7 Å². The van der Waals surface area contributed by atoms with E-state index < -0.39 is 0 Å². The molecule has 0 unspecified atom stereocenters. The van der Waals surface area contributed by atoms with Gasteiger partial charge in [0.05, 0.1) is 13.2 Å². The van der Waals surface area contributed by atoms with Gasteiger partial charge in [-0.15, -0.1) is 0 Å². The summed E-state index contributed by atoms with van der Waals surface area (Å²) >= 11 is 0. The van der Waals surface area contributed by atoms with E-state index in [1.807, 2.05) is 30.3 Å². The van der Waals surface area contributed by atoms with E-state index in [1.54, 1.807) is 0 Å². The van der Waals surface area contributed by atoms with Crippen molar-refractivity contribution in [1.82, 2.24) is 0 Å². The van der Waals surface area contributed by atoms with Crippen LogP contribution in [0, 0.1) is 0 Å². The second-order valence-corrected chi connectivity index (χ2v) is 8.37. The van der Waals surface area contributed by atoms with Gasteiger partial charge < -0.3 is 9.47 Å². The van der Waals surface area contributed by atoms with Crippen molar-refractivity contribution in [3.63, 3.8) is 0 Å². The molecule has 0 spiro atoms. The van der Waals surface area contributed by atoms with Crippen molar-refractivity contribution < 1.29 is 23.9 Å². The van der Waals surface area contributed by atoms with E-state index in [4.69, 9.17) is 9.47 Å². The molecule has 5 nitrogen and oxygen atoms in total. The molecule has 0 radical (unpaired) electrons. The Morgan fingerprint density at radius 1 is 0.594 bits per heavy atom. The van der Waals surface area contributed by atoms with Crippen LogP contribution in [0.1, 0.15) is 114 Å². The lowest BCUT2D eigenvalue weighted by molar-refractivity contribution is -0.144. The monoisotopic (exact) mass is 446 g/mol. The zero-order valence-electron chi connectivity index (χ0n) is 19.9. The molecule has 0 bridgehead atoms. The molecule has 1 rings (SSSR count). The molecule has 0 saturated carbocycles. The Kier molecular flexibility index (Phi) is 17.0. The largest absolute Gasteiger partial charge is 0.466 e. The van der Waals surface area contributed by atoms with E-state index in [1.165, 1.54) is 12.8 Å². The second kappa shape index (κ2) is 19.5. The van der Waals surface area contributed by atoms with Crippen molar-refractivity contribution in [3.8, 4) is 0 Å². The summed E-state index contributed by atoms with van der Waals surface area (Å²) in [5.74, 6) is -0.0786. The summed E-state index contributed by atoms with van der Waals surface area (Å²) in [6.45, 7) is 3.07. The SMILES string of the molecule is CCCCCCC(=O)OCCCCCCCCC(=O)OCCCCC(=O)c1ccccc1. The fraction of sp³-hybridized carbons (Fsp3) is 0.667. The molecule has 1 aromatic carbocycles. The molecule has 0 saturated heterocycles. The highest BCUT2D eigenvalue weighted by molar-refractivity contribution is 5.95. The molecule has 0 fully saturated rings. The number of esters is 2. The quantitative estimate of drug-likeness (QED) is 0.125. The minimum atomic E-state index is -0.148. The minimum absolute atomic E-state index is 0.0672. The Morgan fingerprint density at radius 2 is 1.06 bits per heavy atom. The van der Waals surface area contributed by atoms with Gasteiger partial charge in [-0.3, -0.25) is 14.4 Å². The maximum Gasteiger partial charge on any atom is 0.305 e. The van der Waals surface area contributed by atoms with Gasteiger partial charge in [0.1, 0.15) is 0 Å². The predicted octanol–water partition coefficient (Wildman–Crippen LogP) is 6.83. The molecule has 0 aliphatic rings. The maximum absolute atomic E-state index is 12.0. The van der Waals surface area contributed by atoms with Crippen molar-refractivity contribution in [1.29, 1.82) is 0 Å². The Balaban J connectivity index is 1.84. The highest BCUT2D eigenvalue weighted by atomic mass is 16.5. The van der Waals surface area contributed by atoms with Gasteiger partial charge in [0.25, 0.3) is 0 Å². The van der Waals surface area contributed by atoms with Crippen LogP contribution in [0.15, 0.2) is 30.3 Å². The Labute approximate surface area is 194 Å². The van der Waals surface area contributed by atoms with Gasteiger partial charge in [-0.2, -0.15) is 0 Å². The summed E-state index contributed by atoms with van der Waals surface area (Å²) in [4.78, 5) is 35.3. The number of unbranched alkanes of at least 4 members (excludes halogenated alkanes) is 9. The van der Waals surface area contributed by atoms with E-state index in [-0.39, 0.29) is 17.7 Å². The van der Waals surface area contributed by atoms with Crippen molar-refractivity contribution in [2.24, 2.45) is 0 Å². The van der Waals surface area contributed by atoms with Crippen LogP contribution in [0.4, 0.5) is 0 Å². The highest BCUT2D eigenvalue weighted by Gasteiger charge is 2.06. The summed E-state index contributed by atoms with van der Waals surface area (Å²) in [5, 5.41) is 0. The summed E-state index contributed by atoms with van der Waals surface area (Å²) in [7, 11) is 0. The van der Waals surface area contributed by atoms with Gasteiger partial charge in [0.2, 0.25) is 0 Å². The van der Waals surface area contributed by atoms with Gasteiger partial charge in [-0.1, -0.05) is 82.2 Å². The van der Waals surface area contributed by atoms with Crippen LogP contribution < -0.4 is 0 Å². The molecular weight excluding hydrogens is 404 g/mol. The molecule has 0 amide bonds. The van der Waals surface area contributed by atoms with Crippen molar-refractivity contribution in [2.45, 2.75) is 103 Å². The first-order valence-corrected chi connectivity index (χ1v) is 12.5. The number of benzene rings is 1. The lowest BCUT2D eigenvalue weighted by atomic mass is 10.1. The number of carbonyl (C=O) groups is 3. The molecule has 0 aromatic heterocycles. The average molecular weight is 447 g/mol. The summed E-state index contributed by atoms with van der Waals surface area (Å²) in [6, 6.07) is 9.28. The third kappa shape index (κ3) is 15.6. The zero-order chi connectivity index (χ0) is 23.3. The standard InChI is InChI=1S/C27H42O5/c1-2-3-4-12-20-26(29)31-22-15-8-6-5-7-13-21-27(30)32-23-16-14-19-25(28)24-17-10-9-11-18-24/h9-11,17-18H,2-8,12-16,19-23H2,1H3. The summed E-state index contributed by atoms with van der Waals surface area (Å²) in [6.07, 6.45) is 13.3. The molecule has 5 heteroatoms. The predicted molar refractivity (Wildman–Crippen MR) is 128 cm³/mol. The zero-order valence-corrected chi connectivity index (χ0v) is 19.9. The molecule has 0 N–H and O–H groups in total. The van der Waals surface area contributed by atoms with Crippen LogP contribution in [-0.4, -0.2) is 30.9 Å². The Hall–Kier alpha value is -2.17. The molecule has 32 heavy (non-hydrogen) atoms. The maximum atomic E-state index is 12.0. The fourth-order valence-corrected chi connectivity index (χ4v) is 3.45. The van der Waals surface area contributed by atoms with Crippen LogP contribution in [0.3, 0.4) is 0 Å². The molecular formula is C27H42O5. The summed E-state index contributed by atoms with van der Waals surface area (Å²) < 4.78 is 10.5. The number of hydrogen-bond donors (Lipinski definition) is 0. The first kappa shape index (κ1) is 27.9. The van der Waals surface area contributed by atoms with E-state index in [0.717, 1.165) is 63.4 Å². The van der Waals surface area contributed by atoms with Gasteiger partial charge in [0.15, 0.2) is 5.78 Å². The third-order valence-corrected chi connectivity index (χ3v) is 5.43. The highest BCUT2D eigenvalue weighted by Crippen LogP contribution is 2.10. The Morgan fingerprint density at radius 3 is 1.66 bits per heavy atom. The average Bonchev–Trinajstić information content (AvgIpc) is 2.81. The molecule has 180 valence electrons. The van der Waals surface area contributed by atoms with Crippen LogP contribution in [-0.2, 0) is 19.1 Å². The first-order chi connectivity index (χ1) is 15.6. The lowest BCUT2D eigenvalue weighted by Crippen LogP contribution is -2.06. The number of carbonyl (C=O) groups excluding carboxylic acids is 3. The van der Waals surface area contributed by atoms with E-state index in [2.05, 4.69) is 6.92 Å². The second-order valence-electron chi connectivity index (χ2n) is 8.37. The van der Waals surface area contributed by atoms with Crippen LogP contribution in [0.5, 0.6) is 0 Å². The van der Waals surface area contributed by atoms with E-state index in [0.29, 0.717) is 38.9 Å². The van der Waals surface area contributed by atoms with Gasteiger partial charge in [-0.25, -0.2) is 0 Å². The fourth-order valence-electron chi connectivity index (χ4n) is 3.45. The topological polar surface area (TPSA) is 69.7 Å². The first-order valence-electron chi connectivity index (χ1n) is 12.5. The van der Waals surface area contributed by atoms with E-state index >= 15 is 0 Å². The van der Waals surface area contributed by atoms with Crippen LogP contribution in [0.2, 0.25) is 0 Å². The van der Waals surface area contributed by atoms with E-state index in [9.17, 15) is 14.4 Å². The van der Waals surface area contributed by atoms with Crippen LogP contribution in [0.25, 0.3) is 0 Å². The smallest absolute Gasteiger partial charge is 0.305 e. The van der Waals surface area contributed by atoms with Gasteiger partial charge >= 0.3 is 11.9 Å². The molecule has 0 heterocycles. The lowest BCUT2D eigenvalue weighted by Gasteiger charge is -2.06. The number of Topliss-reactive ketones (excluding diaryl/α,β-unsaturated/α-hetero) is 1. The van der Waals surface area contributed by atoms with Gasteiger partial charge in [0, 0.05) is 24.8 Å². The number of ketones is 1. The number of hydrogen-bond acceptors (Lipinski definition) is 5. The third-order valence-electron chi connectivity index (χ3n) is 5.43. The van der Waals surface area contributed by atoms with Crippen molar-refractivity contribution in [2.75, 3.05) is 13.2 Å². The molecule has 0 atom stereocenters. The Bertz CT molecular complexity index is 626. The normalized spacial score (nSPS) is 10.7. The number of rotatable bonds is 20. The molecule has 0 aliphatic heterocycles. The van der Waals surface area contributed by atoms with Crippen molar-refractivity contribution in [3.05, 3.63) is 35.9 Å².